The van der Waals surface area contributed by atoms with Crippen LogP contribution in [0.25, 0.3) is 22.0 Å². The molecule has 0 aliphatic heterocycles. The number of hydrogen-bond acceptors (Lipinski definition) is 4. The van der Waals surface area contributed by atoms with Crippen molar-refractivity contribution in [1.29, 1.82) is 0 Å². The zero-order valence-electron chi connectivity index (χ0n) is 17.0. The number of nitrogens with zero attached hydrogens (tertiary/aromatic N) is 4. The quantitative estimate of drug-likeness (QED) is 0.327. The molecule has 3 heterocycles. The van der Waals surface area contributed by atoms with E-state index in [9.17, 15) is 0 Å². The second-order valence-corrected chi connectivity index (χ2v) is 13.1. The Hall–Kier alpha value is -1.35. The van der Waals surface area contributed by atoms with Gasteiger partial charge in [-0.05, 0) is 47.2 Å². The van der Waals surface area contributed by atoms with Crippen molar-refractivity contribution in [2.75, 3.05) is 44.8 Å². The average molecular weight is 469 g/mol. The number of rotatable bonds is 10. The first-order valence-electron chi connectivity index (χ1n) is 9.27. The monoisotopic (exact) mass is 468 g/mol. The SMILES string of the molecule is COCCCn1cc(-c2cnn(COCCS(C)(C)C)c2)c2cc(Br)ncc21. The molecule has 0 aliphatic carbocycles. The number of aryl methyl sites for hydroxylation is 1. The van der Waals surface area contributed by atoms with Gasteiger partial charge in [0.05, 0.1) is 24.5 Å². The predicted octanol–water partition coefficient (Wildman–Crippen LogP) is 4.37. The molecule has 154 valence electrons. The number of hydrogen-bond donors (Lipinski definition) is 0. The van der Waals surface area contributed by atoms with Crippen molar-refractivity contribution in [2.24, 2.45) is 0 Å². The van der Waals surface area contributed by atoms with Gasteiger partial charge in [-0.3, -0.25) is 0 Å². The van der Waals surface area contributed by atoms with Gasteiger partial charge in [0.25, 0.3) is 0 Å². The smallest absolute Gasteiger partial charge is 0.139 e. The van der Waals surface area contributed by atoms with Crippen LogP contribution in [-0.4, -0.2) is 64.2 Å². The molecule has 0 saturated carbocycles. The van der Waals surface area contributed by atoms with Crippen molar-refractivity contribution >= 4 is 36.9 Å². The molecule has 28 heavy (non-hydrogen) atoms. The van der Waals surface area contributed by atoms with E-state index in [1.165, 1.54) is 0 Å². The van der Waals surface area contributed by atoms with E-state index in [1.807, 2.05) is 23.3 Å². The highest BCUT2D eigenvalue weighted by Gasteiger charge is 2.13. The van der Waals surface area contributed by atoms with E-state index < -0.39 is 10.0 Å². The van der Waals surface area contributed by atoms with Crippen LogP contribution in [-0.2, 0) is 22.7 Å². The van der Waals surface area contributed by atoms with Crippen LogP contribution in [0.3, 0.4) is 0 Å². The molecule has 0 N–H and O–H groups in total. The summed E-state index contributed by atoms with van der Waals surface area (Å²) in [6, 6.07) is 2.07. The Bertz CT molecular complexity index is 917. The first-order valence-corrected chi connectivity index (χ1v) is 13.1. The van der Waals surface area contributed by atoms with Crippen molar-refractivity contribution in [3.63, 3.8) is 0 Å². The Morgan fingerprint density at radius 3 is 2.71 bits per heavy atom. The molecule has 8 heteroatoms. The fourth-order valence-corrected chi connectivity index (χ4v) is 3.95. The standard InChI is InChI=1S/C20H29BrN4O2S/c1-26-7-5-6-24-14-18(17-10-20(21)22-12-19(17)24)16-11-23-25(13-16)15-27-8-9-28(2,3)4/h10-14H,5-9,15H2,1-4H3. The summed E-state index contributed by atoms with van der Waals surface area (Å²) in [5.74, 6) is 1.11. The molecule has 0 fully saturated rings. The number of methoxy groups -OCH3 is 1. The number of pyridine rings is 1. The molecule has 0 atom stereocenters. The largest absolute Gasteiger partial charge is 0.385 e. The minimum Gasteiger partial charge on any atom is -0.385 e. The normalized spacial score (nSPS) is 12.8. The van der Waals surface area contributed by atoms with Gasteiger partial charge in [0.1, 0.15) is 11.3 Å². The van der Waals surface area contributed by atoms with Gasteiger partial charge in [0, 0.05) is 54.9 Å². The van der Waals surface area contributed by atoms with Crippen LogP contribution in [0, 0.1) is 0 Å². The summed E-state index contributed by atoms with van der Waals surface area (Å²) in [5.41, 5.74) is 3.35. The van der Waals surface area contributed by atoms with Crippen LogP contribution in [0.2, 0.25) is 0 Å². The van der Waals surface area contributed by atoms with Crippen LogP contribution >= 0.6 is 26.0 Å². The third kappa shape index (κ3) is 5.59. The molecule has 6 nitrogen and oxygen atoms in total. The highest BCUT2D eigenvalue weighted by molar-refractivity contribution is 9.10. The minimum atomic E-state index is -0.528. The van der Waals surface area contributed by atoms with Crippen LogP contribution in [0.5, 0.6) is 0 Å². The van der Waals surface area contributed by atoms with Crippen LogP contribution in [0.4, 0.5) is 0 Å². The second kappa shape index (κ2) is 9.43. The lowest BCUT2D eigenvalue weighted by atomic mass is 10.1. The van der Waals surface area contributed by atoms with E-state index in [4.69, 9.17) is 9.47 Å². The van der Waals surface area contributed by atoms with Gasteiger partial charge in [-0.2, -0.15) is 5.10 Å². The Kier molecular flexibility index (Phi) is 7.20. The maximum Gasteiger partial charge on any atom is 0.139 e. The van der Waals surface area contributed by atoms with Crippen molar-refractivity contribution in [3.05, 3.63) is 35.5 Å². The van der Waals surface area contributed by atoms with Crippen LogP contribution in [0.15, 0.2) is 35.5 Å². The summed E-state index contributed by atoms with van der Waals surface area (Å²) in [7, 11) is 1.20. The Balaban J connectivity index is 1.77. The lowest BCUT2D eigenvalue weighted by Crippen LogP contribution is -2.10. The van der Waals surface area contributed by atoms with Crippen molar-refractivity contribution in [3.8, 4) is 11.1 Å². The highest BCUT2D eigenvalue weighted by Crippen LogP contribution is 2.34. The van der Waals surface area contributed by atoms with Gasteiger partial charge in [-0.1, -0.05) is 0 Å². The Morgan fingerprint density at radius 1 is 1.14 bits per heavy atom. The van der Waals surface area contributed by atoms with Crippen molar-refractivity contribution in [1.82, 2.24) is 19.3 Å². The Labute approximate surface area is 176 Å². The fourth-order valence-electron chi connectivity index (χ4n) is 3.00. The van der Waals surface area contributed by atoms with Gasteiger partial charge in [0.2, 0.25) is 0 Å². The molecule has 3 aromatic rings. The van der Waals surface area contributed by atoms with Crippen LogP contribution in [0.1, 0.15) is 6.42 Å². The van der Waals surface area contributed by atoms with E-state index in [2.05, 4.69) is 61.6 Å². The number of aromatic nitrogens is 4. The van der Waals surface area contributed by atoms with Crippen molar-refractivity contribution in [2.45, 2.75) is 19.7 Å². The summed E-state index contributed by atoms with van der Waals surface area (Å²) in [4.78, 5) is 4.40. The van der Waals surface area contributed by atoms with E-state index >= 15 is 0 Å². The lowest BCUT2D eigenvalue weighted by molar-refractivity contribution is 0.0809. The van der Waals surface area contributed by atoms with Crippen LogP contribution < -0.4 is 0 Å². The number of halogens is 1. The minimum absolute atomic E-state index is 0.479. The zero-order valence-corrected chi connectivity index (χ0v) is 19.4. The fraction of sp³-hybridized carbons (Fsp3) is 0.500. The summed E-state index contributed by atoms with van der Waals surface area (Å²) in [6.45, 7) is 2.88. The van der Waals surface area contributed by atoms with E-state index in [-0.39, 0.29) is 0 Å². The maximum absolute atomic E-state index is 5.81. The molecule has 3 aromatic heterocycles. The molecule has 0 spiro atoms. The highest BCUT2D eigenvalue weighted by atomic mass is 79.9. The van der Waals surface area contributed by atoms with Crippen molar-refractivity contribution < 1.29 is 9.47 Å². The molecular weight excluding hydrogens is 440 g/mol. The summed E-state index contributed by atoms with van der Waals surface area (Å²) >= 11 is 3.50. The summed E-state index contributed by atoms with van der Waals surface area (Å²) in [5, 5.41) is 5.65. The summed E-state index contributed by atoms with van der Waals surface area (Å²) in [6.07, 6.45) is 15.9. The van der Waals surface area contributed by atoms with Gasteiger partial charge in [-0.25, -0.2) is 19.7 Å². The number of fused-ring (bicyclic) bond motifs is 1. The average Bonchev–Trinajstić information content (AvgIpc) is 3.23. The molecular formula is C20H29BrN4O2S. The van der Waals surface area contributed by atoms with Gasteiger partial charge >= 0.3 is 0 Å². The molecule has 0 radical (unpaired) electrons. The van der Waals surface area contributed by atoms with Gasteiger partial charge < -0.3 is 14.0 Å². The predicted molar refractivity (Wildman–Crippen MR) is 121 cm³/mol. The molecule has 0 amide bonds. The number of ether oxygens (including phenoxy) is 2. The second-order valence-electron chi connectivity index (χ2n) is 7.71. The molecule has 0 bridgehead atoms. The van der Waals surface area contributed by atoms with E-state index in [0.717, 1.165) is 58.6 Å². The van der Waals surface area contributed by atoms with Gasteiger partial charge in [0.15, 0.2) is 0 Å². The summed E-state index contributed by atoms with van der Waals surface area (Å²) < 4.78 is 15.9. The molecule has 0 saturated heterocycles. The van der Waals surface area contributed by atoms with Gasteiger partial charge in [-0.15, -0.1) is 0 Å². The molecule has 0 aliphatic rings. The first kappa shape index (κ1) is 21.4. The van der Waals surface area contributed by atoms with E-state index in [1.54, 1.807) is 7.11 Å². The third-order valence-corrected chi connectivity index (χ3v) is 6.31. The molecule has 0 unspecified atom stereocenters. The maximum atomic E-state index is 5.81. The molecule has 3 rings (SSSR count). The zero-order chi connectivity index (χ0) is 20.1. The van der Waals surface area contributed by atoms with E-state index in [0.29, 0.717) is 6.73 Å². The Morgan fingerprint density at radius 2 is 1.96 bits per heavy atom. The topological polar surface area (TPSA) is 54.1 Å². The molecule has 0 aromatic carbocycles. The third-order valence-electron chi connectivity index (χ3n) is 4.49. The first-order chi connectivity index (χ1) is 13.4. The lowest BCUT2D eigenvalue weighted by Gasteiger charge is -2.24.